The van der Waals surface area contributed by atoms with Crippen molar-refractivity contribution in [3.05, 3.63) is 59.7 Å². The van der Waals surface area contributed by atoms with Gasteiger partial charge in [0, 0.05) is 10.6 Å². The predicted molar refractivity (Wildman–Crippen MR) is 86.4 cm³/mol. The fraction of sp³-hybridized carbons (Fsp3) is 0.235. The van der Waals surface area contributed by atoms with Crippen molar-refractivity contribution in [2.45, 2.75) is 25.2 Å². The third-order valence-electron chi connectivity index (χ3n) is 3.07. The van der Waals surface area contributed by atoms with Gasteiger partial charge in [0.25, 0.3) is 0 Å². The van der Waals surface area contributed by atoms with Crippen LogP contribution in [0.1, 0.15) is 18.1 Å². The van der Waals surface area contributed by atoms with E-state index in [9.17, 15) is 4.79 Å². The largest absolute Gasteiger partial charge is 0.325 e. The van der Waals surface area contributed by atoms with Crippen LogP contribution in [0.3, 0.4) is 0 Å². The molecule has 3 heteroatoms. The summed E-state index contributed by atoms with van der Waals surface area (Å²) in [6.07, 6.45) is 0.974. The van der Waals surface area contributed by atoms with Gasteiger partial charge < -0.3 is 5.32 Å². The van der Waals surface area contributed by atoms with Crippen LogP contribution < -0.4 is 5.32 Å². The number of thioether (sulfide) groups is 1. The van der Waals surface area contributed by atoms with Crippen molar-refractivity contribution >= 4 is 23.4 Å². The third kappa shape index (κ3) is 4.14. The van der Waals surface area contributed by atoms with E-state index in [-0.39, 0.29) is 5.91 Å². The number of nitrogens with one attached hydrogen (secondary N) is 1. The Labute approximate surface area is 124 Å². The van der Waals surface area contributed by atoms with Gasteiger partial charge in [-0.3, -0.25) is 4.79 Å². The van der Waals surface area contributed by atoms with Crippen LogP contribution >= 0.6 is 11.8 Å². The highest BCUT2D eigenvalue weighted by Gasteiger charge is 2.05. The van der Waals surface area contributed by atoms with Gasteiger partial charge in [0.15, 0.2) is 0 Å². The number of amides is 1. The van der Waals surface area contributed by atoms with E-state index in [1.807, 2.05) is 36.4 Å². The Morgan fingerprint density at radius 2 is 1.95 bits per heavy atom. The SMILES string of the molecule is CCc1cccc(NC(=O)CSc2ccccc2C)c1. The fourth-order valence-electron chi connectivity index (χ4n) is 1.93. The first-order chi connectivity index (χ1) is 9.69. The first kappa shape index (κ1) is 14.7. The van der Waals surface area contributed by atoms with Crippen LogP contribution in [0.2, 0.25) is 0 Å². The Balaban J connectivity index is 1.91. The summed E-state index contributed by atoms with van der Waals surface area (Å²) in [6.45, 7) is 4.17. The molecule has 2 aromatic rings. The number of aryl methyl sites for hydroxylation is 2. The molecule has 0 aromatic heterocycles. The molecule has 0 radical (unpaired) electrons. The molecule has 0 atom stereocenters. The first-order valence-corrected chi connectivity index (χ1v) is 7.75. The maximum absolute atomic E-state index is 12.0. The molecule has 0 saturated carbocycles. The van der Waals surface area contributed by atoms with E-state index in [1.54, 1.807) is 11.8 Å². The van der Waals surface area contributed by atoms with E-state index in [0.29, 0.717) is 5.75 Å². The van der Waals surface area contributed by atoms with Gasteiger partial charge in [0.2, 0.25) is 5.91 Å². The molecule has 0 spiro atoms. The van der Waals surface area contributed by atoms with Gasteiger partial charge in [-0.1, -0.05) is 37.3 Å². The lowest BCUT2D eigenvalue weighted by molar-refractivity contribution is -0.113. The molecular formula is C17H19NOS. The smallest absolute Gasteiger partial charge is 0.234 e. The van der Waals surface area contributed by atoms with E-state index in [1.165, 1.54) is 11.1 Å². The molecule has 2 rings (SSSR count). The second kappa shape index (κ2) is 7.15. The summed E-state index contributed by atoms with van der Waals surface area (Å²) in [4.78, 5) is 13.1. The molecule has 0 aliphatic rings. The predicted octanol–water partition coefficient (Wildman–Crippen LogP) is 4.29. The van der Waals surface area contributed by atoms with Gasteiger partial charge >= 0.3 is 0 Å². The molecule has 20 heavy (non-hydrogen) atoms. The molecule has 0 unspecified atom stereocenters. The molecular weight excluding hydrogens is 266 g/mol. The Kier molecular flexibility index (Phi) is 5.24. The number of benzene rings is 2. The topological polar surface area (TPSA) is 29.1 Å². The van der Waals surface area contributed by atoms with Crippen molar-refractivity contribution in [3.63, 3.8) is 0 Å². The number of carbonyl (C=O) groups is 1. The second-order valence-electron chi connectivity index (χ2n) is 4.66. The zero-order chi connectivity index (χ0) is 14.4. The van der Waals surface area contributed by atoms with E-state index in [4.69, 9.17) is 0 Å². The van der Waals surface area contributed by atoms with Crippen LogP contribution in [0.15, 0.2) is 53.4 Å². The molecule has 104 valence electrons. The molecule has 0 heterocycles. The van der Waals surface area contributed by atoms with E-state index in [0.717, 1.165) is 17.0 Å². The highest BCUT2D eigenvalue weighted by molar-refractivity contribution is 8.00. The highest BCUT2D eigenvalue weighted by atomic mass is 32.2. The van der Waals surface area contributed by atoms with Crippen molar-refractivity contribution in [1.29, 1.82) is 0 Å². The zero-order valence-electron chi connectivity index (χ0n) is 11.8. The van der Waals surface area contributed by atoms with Gasteiger partial charge in [0.05, 0.1) is 5.75 Å². The summed E-state index contributed by atoms with van der Waals surface area (Å²) < 4.78 is 0. The number of hydrogen-bond acceptors (Lipinski definition) is 2. The maximum atomic E-state index is 12.0. The monoisotopic (exact) mass is 285 g/mol. The Hall–Kier alpha value is -1.74. The standard InChI is InChI=1S/C17H19NOS/c1-3-14-8-6-9-15(11-14)18-17(19)12-20-16-10-5-4-7-13(16)2/h4-11H,3,12H2,1-2H3,(H,18,19). The highest BCUT2D eigenvalue weighted by Crippen LogP contribution is 2.22. The van der Waals surface area contributed by atoms with E-state index in [2.05, 4.69) is 31.3 Å². The second-order valence-corrected chi connectivity index (χ2v) is 5.67. The summed E-state index contributed by atoms with van der Waals surface area (Å²) in [7, 11) is 0. The average Bonchev–Trinajstić information content (AvgIpc) is 2.46. The number of hydrogen-bond donors (Lipinski definition) is 1. The fourth-order valence-corrected chi connectivity index (χ4v) is 2.76. The van der Waals surface area contributed by atoms with Crippen molar-refractivity contribution in [3.8, 4) is 0 Å². The van der Waals surface area contributed by atoms with Crippen LogP contribution in [0.5, 0.6) is 0 Å². The average molecular weight is 285 g/mol. The minimum atomic E-state index is 0.0338. The molecule has 0 bridgehead atoms. The molecule has 2 aromatic carbocycles. The van der Waals surface area contributed by atoms with Crippen LogP contribution in [-0.2, 0) is 11.2 Å². The molecule has 1 N–H and O–H groups in total. The summed E-state index contributed by atoms with van der Waals surface area (Å²) in [6, 6.07) is 16.1. The van der Waals surface area contributed by atoms with Gasteiger partial charge in [0.1, 0.15) is 0 Å². The number of carbonyl (C=O) groups excluding carboxylic acids is 1. The summed E-state index contributed by atoms with van der Waals surface area (Å²) in [5.74, 6) is 0.466. The molecule has 0 aliphatic heterocycles. The van der Waals surface area contributed by atoms with Crippen LogP contribution in [0.25, 0.3) is 0 Å². The number of rotatable bonds is 5. The minimum Gasteiger partial charge on any atom is -0.325 e. The minimum absolute atomic E-state index is 0.0338. The Morgan fingerprint density at radius 1 is 1.15 bits per heavy atom. The molecule has 0 fully saturated rings. The Morgan fingerprint density at radius 3 is 2.70 bits per heavy atom. The lowest BCUT2D eigenvalue weighted by Crippen LogP contribution is -2.14. The van der Waals surface area contributed by atoms with Crippen molar-refractivity contribution in [2.75, 3.05) is 11.1 Å². The van der Waals surface area contributed by atoms with Crippen molar-refractivity contribution < 1.29 is 4.79 Å². The molecule has 0 saturated heterocycles. The first-order valence-electron chi connectivity index (χ1n) is 6.76. The summed E-state index contributed by atoms with van der Waals surface area (Å²) in [5, 5.41) is 2.95. The van der Waals surface area contributed by atoms with Crippen LogP contribution in [0.4, 0.5) is 5.69 Å². The van der Waals surface area contributed by atoms with Crippen LogP contribution in [0, 0.1) is 6.92 Å². The van der Waals surface area contributed by atoms with Gasteiger partial charge in [-0.25, -0.2) is 0 Å². The lowest BCUT2D eigenvalue weighted by Gasteiger charge is -2.07. The van der Waals surface area contributed by atoms with Crippen molar-refractivity contribution in [1.82, 2.24) is 0 Å². The lowest BCUT2D eigenvalue weighted by atomic mass is 10.1. The third-order valence-corrected chi connectivity index (χ3v) is 4.25. The van der Waals surface area contributed by atoms with Crippen LogP contribution in [-0.4, -0.2) is 11.7 Å². The van der Waals surface area contributed by atoms with Gasteiger partial charge in [-0.05, 0) is 42.7 Å². The van der Waals surface area contributed by atoms with Crippen molar-refractivity contribution in [2.24, 2.45) is 0 Å². The molecule has 1 amide bonds. The normalized spacial score (nSPS) is 10.3. The number of anilines is 1. The van der Waals surface area contributed by atoms with Gasteiger partial charge in [-0.2, -0.15) is 0 Å². The summed E-state index contributed by atoms with van der Waals surface area (Å²) in [5.41, 5.74) is 3.31. The quantitative estimate of drug-likeness (QED) is 0.830. The van der Waals surface area contributed by atoms with E-state index >= 15 is 0 Å². The molecule has 2 nitrogen and oxygen atoms in total. The molecule has 0 aliphatic carbocycles. The van der Waals surface area contributed by atoms with Gasteiger partial charge in [-0.15, -0.1) is 11.8 Å². The maximum Gasteiger partial charge on any atom is 0.234 e. The van der Waals surface area contributed by atoms with E-state index < -0.39 is 0 Å². The zero-order valence-corrected chi connectivity index (χ0v) is 12.7. The summed E-state index contributed by atoms with van der Waals surface area (Å²) >= 11 is 1.57. The Bertz CT molecular complexity index is 595.